The monoisotopic (exact) mass is 772 g/mol. The van der Waals surface area contributed by atoms with Crippen molar-refractivity contribution in [2.24, 2.45) is 0 Å². The molecule has 1 N–H and O–H groups in total. The molecular formula is C37H72O16. The molecule has 0 aliphatic heterocycles. The fourth-order valence-electron chi connectivity index (χ4n) is 4.19. The fourth-order valence-corrected chi connectivity index (χ4v) is 4.19. The number of unbranched alkanes of at least 4 members (excludes halogenated alkanes) is 6. The minimum Gasteiger partial charge on any atom is -0.481 e. The first kappa shape index (κ1) is 51.5. The van der Waals surface area contributed by atoms with Gasteiger partial charge in [0.1, 0.15) is 6.61 Å². The highest BCUT2D eigenvalue weighted by atomic mass is 16.6. The number of carbonyl (C=O) groups is 2. The van der Waals surface area contributed by atoms with Gasteiger partial charge < -0.3 is 66.7 Å². The summed E-state index contributed by atoms with van der Waals surface area (Å²) in [5, 5.41) is 8.50. The van der Waals surface area contributed by atoms with Crippen molar-refractivity contribution in [1.29, 1.82) is 0 Å². The van der Waals surface area contributed by atoms with E-state index in [1.165, 1.54) is 32.1 Å². The molecule has 0 rings (SSSR count). The Bertz CT molecular complexity index is 733. The van der Waals surface area contributed by atoms with E-state index in [2.05, 4.69) is 6.92 Å². The van der Waals surface area contributed by atoms with E-state index in [1.54, 1.807) is 0 Å². The first-order chi connectivity index (χ1) is 26.2. The number of esters is 1. The molecule has 16 heteroatoms. The quantitative estimate of drug-likeness (QED) is 0.0704. The number of carbonyl (C=O) groups excluding carboxylic acids is 1. The van der Waals surface area contributed by atoms with Crippen LogP contribution in [0.4, 0.5) is 0 Å². The van der Waals surface area contributed by atoms with E-state index in [-0.39, 0.29) is 25.6 Å². The van der Waals surface area contributed by atoms with Crippen molar-refractivity contribution in [3.8, 4) is 0 Å². The zero-order chi connectivity index (χ0) is 38.4. The van der Waals surface area contributed by atoms with Crippen LogP contribution in [0.3, 0.4) is 0 Å². The van der Waals surface area contributed by atoms with E-state index < -0.39 is 5.97 Å². The van der Waals surface area contributed by atoms with E-state index in [4.69, 9.17) is 66.7 Å². The number of rotatable bonds is 47. The summed E-state index contributed by atoms with van der Waals surface area (Å²) in [4.78, 5) is 22.1. The van der Waals surface area contributed by atoms with Gasteiger partial charge in [0.05, 0.1) is 165 Å². The Labute approximate surface area is 317 Å². The van der Waals surface area contributed by atoms with Crippen molar-refractivity contribution in [1.82, 2.24) is 0 Å². The molecule has 0 saturated heterocycles. The van der Waals surface area contributed by atoms with E-state index in [9.17, 15) is 9.59 Å². The molecule has 0 aromatic rings. The second-order valence-electron chi connectivity index (χ2n) is 11.6. The third-order valence-electron chi connectivity index (χ3n) is 7.03. The van der Waals surface area contributed by atoms with Crippen LogP contribution in [0.15, 0.2) is 0 Å². The molecule has 0 fully saturated rings. The van der Waals surface area contributed by atoms with Crippen molar-refractivity contribution in [2.75, 3.05) is 165 Å². The van der Waals surface area contributed by atoms with Crippen LogP contribution in [0.5, 0.6) is 0 Å². The second kappa shape index (κ2) is 46.6. The molecule has 0 atom stereocenters. The number of carboxylic acid groups (broad SMARTS) is 1. The van der Waals surface area contributed by atoms with Crippen LogP contribution in [-0.2, 0) is 71.2 Å². The summed E-state index contributed by atoms with van der Waals surface area (Å²) in [6.45, 7) is 13.3. The maximum absolute atomic E-state index is 11.7. The molecule has 0 aromatic carbocycles. The van der Waals surface area contributed by atoms with Gasteiger partial charge in [0.15, 0.2) is 0 Å². The Balaban J connectivity index is 3.10. The van der Waals surface area contributed by atoms with E-state index in [1.807, 2.05) is 0 Å². The number of ether oxygens (including phenoxy) is 13. The number of hydrogen-bond acceptors (Lipinski definition) is 15. The van der Waals surface area contributed by atoms with E-state index in [0.29, 0.717) is 158 Å². The average molecular weight is 773 g/mol. The summed E-state index contributed by atoms with van der Waals surface area (Å²) in [5.74, 6) is -1.02. The largest absolute Gasteiger partial charge is 0.481 e. The Morgan fingerprint density at radius 2 is 0.566 bits per heavy atom. The van der Waals surface area contributed by atoms with Crippen molar-refractivity contribution >= 4 is 11.9 Å². The van der Waals surface area contributed by atoms with Gasteiger partial charge in [-0.15, -0.1) is 0 Å². The molecule has 0 saturated carbocycles. The smallest absolute Gasteiger partial charge is 0.305 e. The van der Waals surface area contributed by atoms with Gasteiger partial charge in [-0.2, -0.15) is 0 Å². The number of carboxylic acids is 1. The standard InChI is InChI=1S/C37H72O16/c1-2-3-4-5-6-7-8-9-37(40)53-35-34-52-33-32-51-31-30-50-29-28-49-27-26-48-25-24-47-23-22-46-21-20-45-19-18-44-17-16-43-15-14-42-13-12-41-11-10-36(38)39/h2-35H2,1H3,(H,38,39). The zero-order valence-corrected chi connectivity index (χ0v) is 32.6. The van der Waals surface area contributed by atoms with Crippen molar-refractivity contribution in [2.45, 2.75) is 64.7 Å². The van der Waals surface area contributed by atoms with Gasteiger partial charge >= 0.3 is 11.9 Å². The van der Waals surface area contributed by atoms with Gasteiger partial charge in [0, 0.05) is 6.42 Å². The number of aliphatic carboxylic acids is 1. The third-order valence-corrected chi connectivity index (χ3v) is 7.03. The van der Waals surface area contributed by atoms with Gasteiger partial charge in [-0.05, 0) is 6.42 Å². The van der Waals surface area contributed by atoms with Gasteiger partial charge in [0.25, 0.3) is 0 Å². The van der Waals surface area contributed by atoms with Gasteiger partial charge in [-0.3, -0.25) is 9.59 Å². The fraction of sp³-hybridized carbons (Fsp3) is 0.946. The minimum atomic E-state index is -0.877. The maximum atomic E-state index is 11.7. The zero-order valence-electron chi connectivity index (χ0n) is 32.6. The SMILES string of the molecule is CCCCCCCCCC(=O)OCCOCCOCCOCCOCCOCCOCCOCCOCCOCCOCCOCCOCCC(=O)O. The summed E-state index contributed by atoms with van der Waals surface area (Å²) in [6.07, 6.45) is 8.75. The van der Waals surface area contributed by atoms with E-state index in [0.717, 1.165) is 12.8 Å². The minimum absolute atomic E-state index is 0.00545. The maximum Gasteiger partial charge on any atom is 0.305 e. The highest BCUT2D eigenvalue weighted by Gasteiger charge is 2.03. The molecule has 0 aliphatic carbocycles. The van der Waals surface area contributed by atoms with Crippen molar-refractivity contribution < 1.29 is 76.3 Å². The molecule has 0 unspecified atom stereocenters. The molecule has 0 aliphatic rings. The van der Waals surface area contributed by atoms with Crippen LogP contribution in [0.1, 0.15) is 64.7 Å². The highest BCUT2D eigenvalue weighted by molar-refractivity contribution is 5.69. The molecule has 53 heavy (non-hydrogen) atoms. The van der Waals surface area contributed by atoms with E-state index >= 15 is 0 Å². The van der Waals surface area contributed by atoms with Crippen LogP contribution in [0.2, 0.25) is 0 Å². The Morgan fingerprint density at radius 3 is 0.849 bits per heavy atom. The summed E-state index contributed by atoms with van der Waals surface area (Å²) >= 11 is 0. The third kappa shape index (κ3) is 48.4. The molecular weight excluding hydrogens is 700 g/mol. The van der Waals surface area contributed by atoms with Crippen LogP contribution in [0.25, 0.3) is 0 Å². The predicted octanol–water partition coefficient (Wildman–Crippen LogP) is 3.34. The Kier molecular flexibility index (Phi) is 45.3. The molecule has 0 radical (unpaired) electrons. The van der Waals surface area contributed by atoms with Gasteiger partial charge in [-0.25, -0.2) is 0 Å². The van der Waals surface area contributed by atoms with Crippen molar-refractivity contribution in [3.63, 3.8) is 0 Å². The first-order valence-corrected chi connectivity index (χ1v) is 19.5. The molecule has 0 heterocycles. The predicted molar refractivity (Wildman–Crippen MR) is 196 cm³/mol. The molecule has 0 amide bonds. The van der Waals surface area contributed by atoms with Crippen LogP contribution in [0, 0.1) is 0 Å². The molecule has 0 spiro atoms. The van der Waals surface area contributed by atoms with Gasteiger partial charge in [-0.1, -0.05) is 45.4 Å². The average Bonchev–Trinajstić information content (AvgIpc) is 3.15. The molecule has 316 valence electrons. The normalized spacial score (nSPS) is 11.4. The Morgan fingerprint density at radius 1 is 0.321 bits per heavy atom. The van der Waals surface area contributed by atoms with Crippen LogP contribution < -0.4 is 0 Å². The highest BCUT2D eigenvalue weighted by Crippen LogP contribution is 2.08. The topological polar surface area (TPSA) is 174 Å². The number of hydrogen-bond donors (Lipinski definition) is 1. The lowest BCUT2D eigenvalue weighted by molar-refractivity contribution is -0.145. The van der Waals surface area contributed by atoms with Crippen molar-refractivity contribution in [3.05, 3.63) is 0 Å². The second-order valence-corrected chi connectivity index (χ2v) is 11.6. The van der Waals surface area contributed by atoms with Crippen LogP contribution in [-0.4, -0.2) is 182 Å². The molecule has 0 aromatic heterocycles. The molecule has 0 bridgehead atoms. The summed E-state index contributed by atoms with van der Waals surface area (Å²) in [6, 6.07) is 0. The lowest BCUT2D eigenvalue weighted by atomic mass is 10.1. The first-order valence-electron chi connectivity index (χ1n) is 19.5. The lowest BCUT2D eigenvalue weighted by Crippen LogP contribution is -2.15. The summed E-state index contributed by atoms with van der Waals surface area (Å²) in [5.41, 5.74) is 0. The lowest BCUT2D eigenvalue weighted by Gasteiger charge is -2.09. The molecule has 16 nitrogen and oxygen atoms in total. The summed E-state index contributed by atoms with van der Waals surface area (Å²) in [7, 11) is 0. The van der Waals surface area contributed by atoms with Crippen LogP contribution >= 0.6 is 0 Å². The Hall–Kier alpha value is -1.54. The van der Waals surface area contributed by atoms with Gasteiger partial charge in [0.2, 0.25) is 0 Å². The summed E-state index contributed by atoms with van der Waals surface area (Å²) < 4.78 is 70.2.